The van der Waals surface area contributed by atoms with Crippen LogP contribution in [-0.2, 0) is 6.54 Å². The van der Waals surface area contributed by atoms with E-state index >= 15 is 0 Å². The summed E-state index contributed by atoms with van der Waals surface area (Å²) in [6.45, 7) is 1.30. The molecule has 2 rings (SSSR count). The van der Waals surface area contributed by atoms with E-state index in [0.717, 1.165) is 19.4 Å². The number of likely N-dealkylation sites (tertiary alicyclic amines) is 1. The number of nitrogens with zero attached hydrogens (tertiary/aromatic N) is 3. The standard InChI is InChI=1S/C13H12FN3/c14-12-4-3-10(7-15)11(6-12)9-17-5-1-2-13(17)8-16/h3-4,6,13H,1-2,5,9H2. The van der Waals surface area contributed by atoms with E-state index in [1.54, 1.807) is 0 Å². The molecule has 1 aliphatic heterocycles. The highest BCUT2D eigenvalue weighted by molar-refractivity contribution is 5.37. The van der Waals surface area contributed by atoms with Crippen molar-refractivity contribution in [3.63, 3.8) is 0 Å². The number of hydrogen-bond acceptors (Lipinski definition) is 3. The molecule has 1 fully saturated rings. The van der Waals surface area contributed by atoms with Gasteiger partial charge < -0.3 is 0 Å². The van der Waals surface area contributed by atoms with Crippen molar-refractivity contribution in [2.24, 2.45) is 0 Å². The van der Waals surface area contributed by atoms with E-state index in [1.165, 1.54) is 18.2 Å². The molecule has 1 aromatic carbocycles. The summed E-state index contributed by atoms with van der Waals surface area (Å²) in [6.07, 6.45) is 1.84. The first-order chi connectivity index (χ1) is 8.24. The minimum Gasteiger partial charge on any atom is -0.284 e. The first kappa shape index (κ1) is 11.6. The van der Waals surface area contributed by atoms with Crippen LogP contribution < -0.4 is 0 Å². The van der Waals surface area contributed by atoms with Crippen molar-refractivity contribution in [2.75, 3.05) is 6.54 Å². The van der Waals surface area contributed by atoms with Gasteiger partial charge in [0.25, 0.3) is 0 Å². The molecule has 17 heavy (non-hydrogen) atoms. The lowest BCUT2D eigenvalue weighted by atomic mass is 10.1. The second-order valence-electron chi connectivity index (χ2n) is 4.17. The Morgan fingerprint density at radius 2 is 2.24 bits per heavy atom. The van der Waals surface area contributed by atoms with E-state index in [9.17, 15) is 4.39 Å². The molecule has 0 radical (unpaired) electrons. The number of halogens is 1. The monoisotopic (exact) mass is 229 g/mol. The Morgan fingerprint density at radius 1 is 1.41 bits per heavy atom. The molecule has 0 N–H and O–H groups in total. The SMILES string of the molecule is N#Cc1ccc(F)cc1CN1CCCC1C#N. The van der Waals surface area contributed by atoms with Gasteiger partial charge >= 0.3 is 0 Å². The van der Waals surface area contributed by atoms with Gasteiger partial charge in [-0.25, -0.2) is 4.39 Å². The van der Waals surface area contributed by atoms with Crippen molar-refractivity contribution >= 4 is 0 Å². The van der Waals surface area contributed by atoms with E-state index < -0.39 is 0 Å². The molecular weight excluding hydrogens is 217 g/mol. The Kier molecular flexibility index (Phi) is 3.37. The minimum absolute atomic E-state index is 0.107. The average molecular weight is 229 g/mol. The van der Waals surface area contributed by atoms with Gasteiger partial charge in [-0.1, -0.05) is 0 Å². The van der Waals surface area contributed by atoms with E-state index in [1.807, 2.05) is 4.90 Å². The summed E-state index contributed by atoms with van der Waals surface area (Å²) >= 11 is 0. The van der Waals surface area contributed by atoms with Gasteiger partial charge in [-0.05, 0) is 43.1 Å². The maximum Gasteiger partial charge on any atom is 0.123 e. The van der Waals surface area contributed by atoms with E-state index in [2.05, 4.69) is 12.1 Å². The summed E-state index contributed by atoms with van der Waals surface area (Å²) in [5, 5.41) is 17.9. The van der Waals surface area contributed by atoms with Gasteiger partial charge in [0, 0.05) is 6.54 Å². The van der Waals surface area contributed by atoms with Crippen LogP contribution in [0, 0.1) is 28.5 Å². The molecular formula is C13H12FN3. The van der Waals surface area contributed by atoms with E-state index in [4.69, 9.17) is 10.5 Å². The molecule has 0 aliphatic carbocycles. The molecule has 4 heteroatoms. The first-order valence-electron chi connectivity index (χ1n) is 5.57. The summed E-state index contributed by atoms with van der Waals surface area (Å²) in [7, 11) is 0. The van der Waals surface area contributed by atoms with E-state index in [-0.39, 0.29) is 11.9 Å². The Balaban J connectivity index is 2.21. The van der Waals surface area contributed by atoms with E-state index in [0.29, 0.717) is 17.7 Å². The predicted octanol–water partition coefficient (Wildman–Crippen LogP) is 2.19. The summed E-state index contributed by atoms with van der Waals surface area (Å²) in [4.78, 5) is 2.00. The summed E-state index contributed by atoms with van der Waals surface area (Å²) < 4.78 is 13.1. The Morgan fingerprint density at radius 3 is 2.94 bits per heavy atom. The number of rotatable bonds is 2. The van der Waals surface area contributed by atoms with Crippen molar-refractivity contribution in [2.45, 2.75) is 25.4 Å². The fourth-order valence-electron chi connectivity index (χ4n) is 2.18. The minimum atomic E-state index is -0.341. The number of hydrogen-bond donors (Lipinski definition) is 0. The second-order valence-corrected chi connectivity index (χ2v) is 4.17. The number of benzene rings is 1. The number of nitriles is 2. The van der Waals surface area contributed by atoms with Crippen LogP contribution in [0.5, 0.6) is 0 Å². The highest BCUT2D eigenvalue weighted by Gasteiger charge is 2.24. The summed E-state index contributed by atoms with van der Waals surface area (Å²) in [5.41, 5.74) is 1.14. The third kappa shape index (κ3) is 2.43. The largest absolute Gasteiger partial charge is 0.284 e. The molecule has 1 heterocycles. The Labute approximate surface area is 99.7 Å². The zero-order valence-corrected chi connectivity index (χ0v) is 9.36. The zero-order chi connectivity index (χ0) is 12.3. The zero-order valence-electron chi connectivity index (χ0n) is 9.36. The predicted molar refractivity (Wildman–Crippen MR) is 60.2 cm³/mol. The van der Waals surface area contributed by atoms with Crippen LogP contribution in [-0.4, -0.2) is 17.5 Å². The molecule has 1 atom stereocenters. The van der Waals surface area contributed by atoms with Crippen LogP contribution in [0.25, 0.3) is 0 Å². The van der Waals surface area contributed by atoms with Crippen LogP contribution in [0.3, 0.4) is 0 Å². The molecule has 0 amide bonds. The van der Waals surface area contributed by atoms with Crippen molar-refractivity contribution in [1.29, 1.82) is 10.5 Å². The smallest absolute Gasteiger partial charge is 0.123 e. The molecule has 86 valence electrons. The van der Waals surface area contributed by atoms with Gasteiger partial charge in [0.2, 0.25) is 0 Å². The maximum absolute atomic E-state index is 13.1. The summed E-state index contributed by atoms with van der Waals surface area (Å²) in [6, 6.07) is 8.34. The fourth-order valence-corrected chi connectivity index (χ4v) is 2.18. The van der Waals surface area contributed by atoms with Gasteiger partial charge in [0.1, 0.15) is 5.82 Å². The molecule has 1 saturated heterocycles. The molecule has 1 aromatic rings. The van der Waals surface area contributed by atoms with Crippen LogP contribution in [0.1, 0.15) is 24.0 Å². The highest BCUT2D eigenvalue weighted by atomic mass is 19.1. The van der Waals surface area contributed by atoms with Crippen molar-refractivity contribution < 1.29 is 4.39 Å². The average Bonchev–Trinajstić information content (AvgIpc) is 2.77. The van der Waals surface area contributed by atoms with Crippen molar-refractivity contribution in [1.82, 2.24) is 4.90 Å². The van der Waals surface area contributed by atoms with Gasteiger partial charge in [0.15, 0.2) is 0 Å². The van der Waals surface area contributed by atoms with Gasteiger partial charge in [0.05, 0.1) is 23.7 Å². The van der Waals surface area contributed by atoms with Crippen LogP contribution in [0.4, 0.5) is 4.39 Å². The lowest BCUT2D eigenvalue weighted by molar-refractivity contribution is 0.286. The molecule has 1 unspecified atom stereocenters. The van der Waals surface area contributed by atoms with Crippen LogP contribution in [0.2, 0.25) is 0 Å². The Bertz CT molecular complexity index is 498. The topological polar surface area (TPSA) is 50.8 Å². The molecule has 3 nitrogen and oxygen atoms in total. The van der Waals surface area contributed by atoms with Crippen LogP contribution >= 0.6 is 0 Å². The summed E-state index contributed by atoms with van der Waals surface area (Å²) in [5.74, 6) is -0.341. The third-order valence-electron chi connectivity index (χ3n) is 3.07. The van der Waals surface area contributed by atoms with Gasteiger partial charge in [-0.3, -0.25) is 4.90 Å². The Hall–Kier alpha value is -1.91. The lowest BCUT2D eigenvalue weighted by Gasteiger charge is -2.19. The third-order valence-corrected chi connectivity index (χ3v) is 3.07. The molecule has 0 aromatic heterocycles. The van der Waals surface area contributed by atoms with Gasteiger partial charge in [-0.15, -0.1) is 0 Å². The fraction of sp³-hybridized carbons (Fsp3) is 0.385. The molecule has 0 bridgehead atoms. The van der Waals surface area contributed by atoms with Crippen molar-refractivity contribution in [3.05, 3.63) is 35.1 Å². The van der Waals surface area contributed by atoms with Gasteiger partial charge in [-0.2, -0.15) is 10.5 Å². The molecule has 0 saturated carbocycles. The molecule has 0 spiro atoms. The lowest BCUT2D eigenvalue weighted by Crippen LogP contribution is -2.27. The normalized spacial score (nSPS) is 19.8. The maximum atomic E-state index is 13.1. The first-order valence-corrected chi connectivity index (χ1v) is 5.57. The highest BCUT2D eigenvalue weighted by Crippen LogP contribution is 2.21. The van der Waals surface area contributed by atoms with Crippen LogP contribution in [0.15, 0.2) is 18.2 Å². The molecule has 1 aliphatic rings. The second kappa shape index (κ2) is 4.95. The van der Waals surface area contributed by atoms with Crippen molar-refractivity contribution in [3.8, 4) is 12.1 Å². The quantitative estimate of drug-likeness (QED) is 0.781.